The van der Waals surface area contributed by atoms with Crippen molar-refractivity contribution in [3.05, 3.63) is 36.5 Å². The van der Waals surface area contributed by atoms with E-state index in [0.29, 0.717) is 5.65 Å². The van der Waals surface area contributed by atoms with Gasteiger partial charge < -0.3 is 10.7 Å². The van der Waals surface area contributed by atoms with Crippen LogP contribution >= 0.6 is 11.8 Å². The number of nitrogens with two attached hydrogens (primary N) is 1. The molecule has 1 unspecified atom stereocenters. The summed E-state index contributed by atoms with van der Waals surface area (Å²) >= 11 is 1.49. The van der Waals surface area contributed by atoms with Crippen LogP contribution < -0.4 is 5.73 Å². The first-order chi connectivity index (χ1) is 10.3. The SMILES string of the molecule is CCC(N)Cc1ccc(Sc2ncnc3nc[nH]c23)nc1. The van der Waals surface area contributed by atoms with Crippen LogP contribution in [-0.4, -0.2) is 31.0 Å². The molecule has 108 valence electrons. The Kier molecular flexibility index (Phi) is 4.12. The summed E-state index contributed by atoms with van der Waals surface area (Å²) in [7, 11) is 0. The third-order valence-electron chi connectivity index (χ3n) is 3.21. The number of aromatic nitrogens is 5. The minimum Gasteiger partial charge on any atom is -0.341 e. The van der Waals surface area contributed by atoms with Crippen molar-refractivity contribution in [1.82, 2.24) is 24.9 Å². The van der Waals surface area contributed by atoms with E-state index in [1.807, 2.05) is 12.3 Å². The van der Waals surface area contributed by atoms with Crippen LogP contribution in [0.2, 0.25) is 0 Å². The predicted octanol–water partition coefficient (Wildman–Crippen LogP) is 2.18. The van der Waals surface area contributed by atoms with Crippen molar-refractivity contribution in [2.75, 3.05) is 0 Å². The maximum atomic E-state index is 5.96. The van der Waals surface area contributed by atoms with Gasteiger partial charge in [0.05, 0.1) is 6.33 Å². The van der Waals surface area contributed by atoms with Crippen LogP contribution in [0.5, 0.6) is 0 Å². The number of hydrogen-bond acceptors (Lipinski definition) is 6. The van der Waals surface area contributed by atoms with Crippen molar-refractivity contribution in [3.63, 3.8) is 0 Å². The van der Waals surface area contributed by atoms with E-state index < -0.39 is 0 Å². The number of nitrogens with one attached hydrogen (secondary N) is 1. The summed E-state index contributed by atoms with van der Waals surface area (Å²) in [6, 6.07) is 4.25. The highest BCUT2D eigenvalue weighted by atomic mass is 32.2. The molecule has 0 radical (unpaired) electrons. The first-order valence-corrected chi connectivity index (χ1v) is 7.60. The number of rotatable bonds is 5. The first kappa shape index (κ1) is 14.0. The lowest BCUT2D eigenvalue weighted by atomic mass is 10.1. The summed E-state index contributed by atoms with van der Waals surface area (Å²) < 4.78 is 0. The lowest BCUT2D eigenvalue weighted by molar-refractivity contribution is 0.644. The number of imidazole rings is 1. The predicted molar refractivity (Wildman–Crippen MR) is 82.0 cm³/mol. The van der Waals surface area contributed by atoms with E-state index in [-0.39, 0.29) is 6.04 Å². The highest BCUT2D eigenvalue weighted by Gasteiger charge is 2.09. The van der Waals surface area contributed by atoms with E-state index in [4.69, 9.17) is 5.73 Å². The molecule has 0 bridgehead atoms. The van der Waals surface area contributed by atoms with Gasteiger partial charge >= 0.3 is 0 Å². The van der Waals surface area contributed by atoms with Gasteiger partial charge in [-0.2, -0.15) is 0 Å². The molecule has 3 aromatic rings. The maximum absolute atomic E-state index is 5.96. The number of H-pyrrole nitrogens is 1. The van der Waals surface area contributed by atoms with Crippen LogP contribution in [0.3, 0.4) is 0 Å². The molecule has 3 heterocycles. The van der Waals surface area contributed by atoms with Crippen LogP contribution in [0, 0.1) is 0 Å². The van der Waals surface area contributed by atoms with E-state index in [1.165, 1.54) is 18.1 Å². The average Bonchev–Trinajstić information content (AvgIpc) is 2.99. The van der Waals surface area contributed by atoms with Gasteiger partial charge in [-0.15, -0.1) is 0 Å². The van der Waals surface area contributed by atoms with Gasteiger partial charge in [0.25, 0.3) is 0 Å². The van der Waals surface area contributed by atoms with E-state index >= 15 is 0 Å². The summed E-state index contributed by atoms with van der Waals surface area (Å²) in [4.78, 5) is 20.0. The molecule has 0 saturated heterocycles. The van der Waals surface area contributed by atoms with Gasteiger partial charge in [-0.3, -0.25) is 0 Å². The van der Waals surface area contributed by atoms with Gasteiger partial charge in [-0.05, 0) is 36.2 Å². The van der Waals surface area contributed by atoms with Crippen LogP contribution in [0.15, 0.2) is 41.0 Å². The molecular formula is C14H16N6S. The highest BCUT2D eigenvalue weighted by Crippen LogP contribution is 2.28. The monoisotopic (exact) mass is 300 g/mol. The third-order valence-corrected chi connectivity index (χ3v) is 4.16. The van der Waals surface area contributed by atoms with Crippen molar-refractivity contribution in [2.24, 2.45) is 5.73 Å². The Hall–Kier alpha value is -1.99. The number of pyridine rings is 1. The Balaban J connectivity index is 1.77. The summed E-state index contributed by atoms with van der Waals surface area (Å²) in [5.41, 5.74) is 8.61. The molecule has 0 aliphatic heterocycles. The Labute approximate surface area is 126 Å². The van der Waals surface area contributed by atoms with E-state index in [0.717, 1.165) is 34.0 Å². The van der Waals surface area contributed by atoms with Crippen molar-refractivity contribution < 1.29 is 0 Å². The minimum absolute atomic E-state index is 0.191. The third kappa shape index (κ3) is 3.20. The summed E-state index contributed by atoms with van der Waals surface area (Å²) in [6.45, 7) is 2.09. The smallest absolute Gasteiger partial charge is 0.181 e. The van der Waals surface area contributed by atoms with Gasteiger partial charge in [0.2, 0.25) is 0 Å². The van der Waals surface area contributed by atoms with Gasteiger partial charge in [0, 0.05) is 12.2 Å². The number of hydrogen-bond donors (Lipinski definition) is 2. The van der Waals surface area contributed by atoms with Crippen LogP contribution in [-0.2, 0) is 6.42 Å². The molecule has 0 aromatic carbocycles. The average molecular weight is 300 g/mol. The molecule has 21 heavy (non-hydrogen) atoms. The highest BCUT2D eigenvalue weighted by molar-refractivity contribution is 7.99. The molecular weight excluding hydrogens is 284 g/mol. The summed E-state index contributed by atoms with van der Waals surface area (Å²) in [5.74, 6) is 0. The molecule has 3 aromatic heterocycles. The second-order valence-electron chi connectivity index (χ2n) is 4.76. The zero-order valence-corrected chi connectivity index (χ0v) is 12.5. The molecule has 7 heteroatoms. The van der Waals surface area contributed by atoms with Crippen LogP contribution in [0.25, 0.3) is 11.2 Å². The van der Waals surface area contributed by atoms with Crippen molar-refractivity contribution in [1.29, 1.82) is 0 Å². The number of fused-ring (bicyclic) bond motifs is 1. The molecule has 0 amide bonds. The second kappa shape index (κ2) is 6.19. The largest absolute Gasteiger partial charge is 0.341 e. The van der Waals surface area contributed by atoms with E-state index in [1.54, 1.807) is 6.33 Å². The molecule has 0 aliphatic carbocycles. The lowest BCUT2D eigenvalue weighted by Crippen LogP contribution is -2.21. The van der Waals surface area contributed by atoms with Gasteiger partial charge in [0.1, 0.15) is 21.9 Å². The van der Waals surface area contributed by atoms with Crippen LogP contribution in [0.1, 0.15) is 18.9 Å². The standard InChI is InChI=1S/C14H16N6S/c1-2-10(15)5-9-3-4-11(16-6-9)21-14-12-13(18-7-17-12)19-8-20-14/h3-4,6-8,10H,2,5,15H2,1H3,(H,17,18,19,20). The molecule has 0 aliphatic rings. The molecule has 3 N–H and O–H groups in total. The summed E-state index contributed by atoms with van der Waals surface area (Å²) in [6.07, 6.45) is 6.83. The molecule has 0 saturated carbocycles. The van der Waals surface area contributed by atoms with Gasteiger partial charge in [-0.1, -0.05) is 13.0 Å². The zero-order valence-electron chi connectivity index (χ0n) is 11.7. The quantitative estimate of drug-likeness (QED) is 0.701. The Morgan fingerprint density at radius 3 is 2.90 bits per heavy atom. The second-order valence-corrected chi connectivity index (χ2v) is 5.77. The first-order valence-electron chi connectivity index (χ1n) is 6.78. The Morgan fingerprint density at radius 2 is 2.14 bits per heavy atom. The fourth-order valence-electron chi connectivity index (χ4n) is 1.96. The molecule has 0 fully saturated rings. The Morgan fingerprint density at radius 1 is 1.24 bits per heavy atom. The molecule has 6 nitrogen and oxygen atoms in total. The Bertz CT molecular complexity index is 724. The number of nitrogens with zero attached hydrogens (tertiary/aromatic N) is 4. The fourth-order valence-corrected chi connectivity index (χ4v) is 2.75. The van der Waals surface area contributed by atoms with E-state index in [2.05, 4.69) is 37.9 Å². The lowest BCUT2D eigenvalue weighted by Gasteiger charge is -2.08. The topological polar surface area (TPSA) is 93.4 Å². The molecule has 3 rings (SSSR count). The number of aromatic amines is 1. The molecule has 1 atom stereocenters. The normalized spacial score (nSPS) is 12.7. The van der Waals surface area contributed by atoms with Crippen molar-refractivity contribution in [2.45, 2.75) is 35.9 Å². The summed E-state index contributed by atoms with van der Waals surface area (Å²) in [5, 5.41) is 1.71. The maximum Gasteiger partial charge on any atom is 0.181 e. The van der Waals surface area contributed by atoms with Crippen molar-refractivity contribution in [3.8, 4) is 0 Å². The van der Waals surface area contributed by atoms with E-state index in [9.17, 15) is 0 Å². The molecule has 0 spiro atoms. The minimum atomic E-state index is 0.191. The fraction of sp³-hybridized carbons (Fsp3) is 0.286. The zero-order chi connectivity index (χ0) is 14.7. The van der Waals surface area contributed by atoms with Crippen molar-refractivity contribution >= 4 is 22.9 Å². The van der Waals surface area contributed by atoms with Gasteiger partial charge in [0.15, 0.2) is 5.65 Å². The van der Waals surface area contributed by atoms with Crippen LogP contribution in [0.4, 0.5) is 0 Å². The van der Waals surface area contributed by atoms with Gasteiger partial charge in [-0.25, -0.2) is 19.9 Å².